The van der Waals surface area contributed by atoms with Gasteiger partial charge in [-0.2, -0.15) is 0 Å². The van der Waals surface area contributed by atoms with Gasteiger partial charge in [0, 0.05) is 43.1 Å². The van der Waals surface area contributed by atoms with E-state index in [-0.39, 0.29) is 12.4 Å². The molecule has 0 saturated heterocycles. The summed E-state index contributed by atoms with van der Waals surface area (Å²) in [6.07, 6.45) is 8.01. The summed E-state index contributed by atoms with van der Waals surface area (Å²) in [7, 11) is 2.22. The molecule has 0 amide bonds. The lowest BCUT2D eigenvalue weighted by molar-refractivity contribution is 0.241. The third-order valence-corrected chi connectivity index (χ3v) is 3.20. The van der Waals surface area contributed by atoms with E-state index in [0.29, 0.717) is 6.04 Å². The van der Waals surface area contributed by atoms with Gasteiger partial charge < -0.3 is 5.32 Å². The number of hydrogen-bond acceptors (Lipinski definition) is 4. The predicted octanol–water partition coefficient (Wildman–Crippen LogP) is 1.47. The minimum Gasteiger partial charge on any atom is -0.311 e. The number of hydrogen-bond donors (Lipinski definition) is 1. The van der Waals surface area contributed by atoms with Gasteiger partial charge in [0.2, 0.25) is 0 Å². The standard InChI is InChI=1S/C12H20N4.ClH/c1-10(16(2)12-3-4-12)5-13-6-11-7-14-9-15-8-11;/h7-10,12-13H,3-6H2,1-2H3;1H. The molecule has 1 N–H and O–H groups in total. The van der Waals surface area contributed by atoms with Crippen LogP contribution in [-0.4, -0.2) is 40.5 Å². The Kier molecular flexibility index (Phi) is 5.82. The van der Waals surface area contributed by atoms with Crippen LogP contribution in [0.1, 0.15) is 25.3 Å². The quantitative estimate of drug-likeness (QED) is 0.837. The maximum Gasteiger partial charge on any atom is 0.115 e. The zero-order valence-corrected chi connectivity index (χ0v) is 11.3. The van der Waals surface area contributed by atoms with Gasteiger partial charge in [-0.25, -0.2) is 9.97 Å². The molecule has 1 unspecified atom stereocenters. The number of nitrogens with one attached hydrogen (secondary N) is 1. The molecule has 2 rings (SSSR count). The number of halogens is 1. The van der Waals surface area contributed by atoms with Gasteiger partial charge in [0.1, 0.15) is 6.33 Å². The summed E-state index contributed by atoms with van der Waals surface area (Å²) in [5.41, 5.74) is 1.14. The molecular formula is C12H21ClN4. The van der Waals surface area contributed by atoms with Crippen LogP contribution < -0.4 is 5.32 Å². The lowest BCUT2D eigenvalue weighted by atomic mass is 10.2. The number of aromatic nitrogens is 2. The van der Waals surface area contributed by atoms with Crippen molar-refractivity contribution >= 4 is 12.4 Å². The van der Waals surface area contributed by atoms with E-state index in [1.165, 1.54) is 12.8 Å². The second kappa shape index (κ2) is 6.89. The molecule has 17 heavy (non-hydrogen) atoms. The van der Waals surface area contributed by atoms with Crippen molar-refractivity contribution in [2.45, 2.75) is 38.4 Å². The molecule has 1 saturated carbocycles. The summed E-state index contributed by atoms with van der Waals surface area (Å²) in [5.74, 6) is 0. The van der Waals surface area contributed by atoms with Gasteiger partial charge in [0.05, 0.1) is 0 Å². The Hall–Kier alpha value is -0.710. The zero-order chi connectivity index (χ0) is 11.4. The zero-order valence-electron chi connectivity index (χ0n) is 10.5. The van der Waals surface area contributed by atoms with Crippen LogP contribution in [0.25, 0.3) is 0 Å². The summed E-state index contributed by atoms with van der Waals surface area (Å²) in [5, 5.41) is 3.44. The van der Waals surface area contributed by atoms with E-state index in [1.807, 2.05) is 12.4 Å². The average molecular weight is 257 g/mol. The van der Waals surface area contributed by atoms with Crippen molar-refractivity contribution in [3.05, 3.63) is 24.3 Å². The van der Waals surface area contributed by atoms with Crippen molar-refractivity contribution in [1.82, 2.24) is 20.2 Å². The highest BCUT2D eigenvalue weighted by Crippen LogP contribution is 2.26. The van der Waals surface area contributed by atoms with E-state index >= 15 is 0 Å². The second-order valence-electron chi connectivity index (χ2n) is 4.62. The van der Waals surface area contributed by atoms with Gasteiger partial charge in [-0.15, -0.1) is 12.4 Å². The molecule has 1 atom stereocenters. The molecule has 4 nitrogen and oxygen atoms in total. The first kappa shape index (κ1) is 14.4. The molecule has 1 aromatic heterocycles. The van der Waals surface area contributed by atoms with Gasteiger partial charge in [-0.3, -0.25) is 4.90 Å². The largest absolute Gasteiger partial charge is 0.311 e. The van der Waals surface area contributed by atoms with Crippen LogP contribution in [0.2, 0.25) is 0 Å². The van der Waals surface area contributed by atoms with E-state index in [9.17, 15) is 0 Å². The van der Waals surface area contributed by atoms with Crippen molar-refractivity contribution < 1.29 is 0 Å². The Bertz CT molecular complexity index is 316. The van der Waals surface area contributed by atoms with Crippen LogP contribution in [0.3, 0.4) is 0 Å². The van der Waals surface area contributed by atoms with E-state index in [4.69, 9.17) is 0 Å². The molecule has 1 heterocycles. The minimum absolute atomic E-state index is 0. The van der Waals surface area contributed by atoms with Gasteiger partial charge in [-0.1, -0.05) is 0 Å². The fourth-order valence-electron chi connectivity index (χ4n) is 1.83. The molecule has 1 fully saturated rings. The SMILES string of the molecule is CC(CNCc1cncnc1)N(C)C1CC1.Cl. The Morgan fingerprint density at radius 1 is 1.41 bits per heavy atom. The highest BCUT2D eigenvalue weighted by Gasteiger charge is 2.28. The van der Waals surface area contributed by atoms with Crippen molar-refractivity contribution in [2.75, 3.05) is 13.6 Å². The normalized spacial score (nSPS) is 16.6. The maximum absolute atomic E-state index is 3.99. The lowest BCUT2D eigenvalue weighted by Crippen LogP contribution is -2.38. The molecule has 0 aliphatic heterocycles. The fourth-order valence-corrected chi connectivity index (χ4v) is 1.83. The van der Waals surface area contributed by atoms with Crippen LogP contribution in [0, 0.1) is 0 Å². The van der Waals surface area contributed by atoms with Crippen molar-refractivity contribution in [3.63, 3.8) is 0 Å². The Balaban J connectivity index is 0.00000144. The maximum atomic E-state index is 3.99. The lowest BCUT2D eigenvalue weighted by Gasteiger charge is -2.24. The summed E-state index contributed by atoms with van der Waals surface area (Å²) >= 11 is 0. The molecule has 0 aromatic carbocycles. The third kappa shape index (κ3) is 4.58. The molecule has 0 spiro atoms. The molecule has 0 bridgehead atoms. The van der Waals surface area contributed by atoms with Crippen LogP contribution in [0.4, 0.5) is 0 Å². The molecule has 1 aromatic rings. The van der Waals surface area contributed by atoms with E-state index in [2.05, 4.69) is 34.2 Å². The highest BCUT2D eigenvalue weighted by molar-refractivity contribution is 5.85. The van der Waals surface area contributed by atoms with Gasteiger partial charge in [-0.05, 0) is 26.8 Å². The van der Waals surface area contributed by atoms with Crippen molar-refractivity contribution in [3.8, 4) is 0 Å². The van der Waals surface area contributed by atoms with Gasteiger partial charge >= 0.3 is 0 Å². The summed E-state index contributed by atoms with van der Waals surface area (Å²) < 4.78 is 0. The number of likely N-dealkylation sites (N-methyl/N-ethyl adjacent to an activating group) is 1. The topological polar surface area (TPSA) is 41.1 Å². The molecular weight excluding hydrogens is 236 g/mol. The summed E-state index contributed by atoms with van der Waals surface area (Å²) in [6.45, 7) is 4.14. The molecule has 96 valence electrons. The van der Waals surface area contributed by atoms with Crippen LogP contribution in [0.15, 0.2) is 18.7 Å². The predicted molar refractivity (Wildman–Crippen MR) is 71.2 cm³/mol. The Morgan fingerprint density at radius 2 is 2.06 bits per heavy atom. The first-order valence-corrected chi connectivity index (χ1v) is 5.94. The highest BCUT2D eigenvalue weighted by atomic mass is 35.5. The first-order chi connectivity index (χ1) is 7.77. The fraction of sp³-hybridized carbons (Fsp3) is 0.667. The minimum atomic E-state index is 0. The third-order valence-electron chi connectivity index (χ3n) is 3.20. The Labute approximate surface area is 109 Å². The monoisotopic (exact) mass is 256 g/mol. The van der Waals surface area contributed by atoms with Crippen LogP contribution in [0.5, 0.6) is 0 Å². The Morgan fingerprint density at radius 3 is 2.65 bits per heavy atom. The average Bonchev–Trinajstić information content (AvgIpc) is 3.13. The summed E-state index contributed by atoms with van der Waals surface area (Å²) in [4.78, 5) is 10.5. The number of rotatable bonds is 6. The van der Waals surface area contributed by atoms with Crippen molar-refractivity contribution in [2.24, 2.45) is 0 Å². The van der Waals surface area contributed by atoms with Crippen LogP contribution in [-0.2, 0) is 6.54 Å². The van der Waals surface area contributed by atoms with Gasteiger partial charge in [0.25, 0.3) is 0 Å². The molecule has 0 radical (unpaired) electrons. The van der Waals surface area contributed by atoms with Crippen LogP contribution >= 0.6 is 12.4 Å². The van der Waals surface area contributed by atoms with E-state index in [1.54, 1.807) is 6.33 Å². The molecule has 1 aliphatic carbocycles. The smallest absolute Gasteiger partial charge is 0.115 e. The molecule has 1 aliphatic rings. The number of nitrogens with zero attached hydrogens (tertiary/aromatic N) is 3. The summed E-state index contributed by atoms with van der Waals surface area (Å²) in [6, 6.07) is 1.42. The van der Waals surface area contributed by atoms with Crippen molar-refractivity contribution in [1.29, 1.82) is 0 Å². The molecule has 5 heteroatoms. The first-order valence-electron chi connectivity index (χ1n) is 5.94. The van der Waals surface area contributed by atoms with E-state index in [0.717, 1.165) is 24.7 Å². The van der Waals surface area contributed by atoms with Gasteiger partial charge in [0.15, 0.2) is 0 Å². The van der Waals surface area contributed by atoms with E-state index < -0.39 is 0 Å². The second-order valence-corrected chi connectivity index (χ2v) is 4.62.